The van der Waals surface area contributed by atoms with Gasteiger partial charge in [-0.15, -0.1) is 11.3 Å². The van der Waals surface area contributed by atoms with Gasteiger partial charge in [0.25, 0.3) is 0 Å². The molecule has 2 aliphatic rings. The predicted molar refractivity (Wildman–Crippen MR) is 142 cm³/mol. The van der Waals surface area contributed by atoms with E-state index in [9.17, 15) is 8.42 Å². The number of rotatable bonds is 8. The molecule has 9 heteroatoms. The number of benzene rings is 2. The average Bonchev–Trinajstić information content (AvgIpc) is 3.57. The summed E-state index contributed by atoms with van der Waals surface area (Å²) in [5, 5.41) is 2.09. The van der Waals surface area contributed by atoms with Crippen LogP contribution in [-0.2, 0) is 21.3 Å². The smallest absolute Gasteiger partial charge is 0.243 e. The second-order valence-corrected chi connectivity index (χ2v) is 12.0. The summed E-state index contributed by atoms with van der Waals surface area (Å²) in [6, 6.07) is 15.1. The molecule has 0 spiro atoms. The molecular weight excluding hydrogens is 494 g/mol. The van der Waals surface area contributed by atoms with Gasteiger partial charge in [0.1, 0.15) is 5.75 Å². The second-order valence-electron chi connectivity index (χ2n) is 9.18. The lowest BCUT2D eigenvalue weighted by atomic mass is 10.1. The molecule has 3 heterocycles. The van der Waals surface area contributed by atoms with Gasteiger partial charge in [0.05, 0.1) is 35.5 Å². The molecule has 0 bridgehead atoms. The molecule has 2 aliphatic heterocycles. The summed E-state index contributed by atoms with van der Waals surface area (Å²) in [7, 11) is -3.45. The van der Waals surface area contributed by atoms with E-state index in [1.165, 1.54) is 0 Å². The van der Waals surface area contributed by atoms with Crippen LogP contribution in [0.25, 0.3) is 11.3 Å². The fourth-order valence-corrected chi connectivity index (χ4v) is 7.22. The van der Waals surface area contributed by atoms with E-state index in [0.717, 1.165) is 66.2 Å². The normalized spacial score (nSPS) is 19.6. The highest BCUT2D eigenvalue weighted by Gasteiger charge is 2.26. The van der Waals surface area contributed by atoms with Gasteiger partial charge in [-0.3, -0.25) is 0 Å². The SMILES string of the molecule is CCOc1ccc(N=c2scc(-c3ccc(S(=O)(=O)N4CCCCC4)cc3)n2CC2CCCO2)cc1. The molecule has 7 nitrogen and oxygen atoms in total. The topological polar surface area (TPSA) is 73.1 Å². The third kappa shape index (κ3) is 5.59. The van der Waals surface area contributed by atoms with Crippen LogP contribution in [0.4, 0.5) is 5.69 Å². The van der Waals surface area contributed by atoms with E-state index in [-0.39, 0.29) is 6.10 Å². The summed E-state index contributed by atoms with van der Waals surface area (Å²) in [6.07, 6.45) is 5.19. The minimum absolute atomic E-state index is 0.149. The second kappa shape index (κ2) is 11.3. The standard InChI is InChI=1S/C27H33N3O4S2/c1-2-33-23-12-10-22(11-13-23)28-27-30(19-24-7-6-18-34-24)26(20-35-27)21-8-14-25(15-9-21)36(31,32)29-16-4-3-5-17-29/h8-15,20,24H,2-7,16-19H2,1H3. The lowest BCUT2D eigenvalue weighted by Gasteiger charge is -2.25. The number of aromatic nitrogens is 1. The lowest BCUT2D eigenvalue weighted by molar-refractivity contribution is 0.0968. The highest BCUT2D eigenvalue weighted by atomic mass is 32.2. The lowest BCUT2D eigenvalue weighted by Crippen LogP contribution is -2.35. The van der Waals surface area contributed by atoms with Gasteiger partial charge in [0.2, 0.25) is 10.0 Å². The number of nitrogens with zero attached hydrogens (tertiary/aromatic N) is 3. The van der Waals surface area contributed by atoms with E-state index >= 15 is 0 Å². The van der Waals surface area contributed by atoms with Crippen molar-refractivity contribution in [2.75, 3.05) is 26.3 Å². The Morgan fingerprint density at radius 3 is 2.44 bits per heavy atom. The Morgan fingerprint density at radius 1 is 1.03 bits per heavy atom. The largest absolute Gasteiger partial charge is 0.494 e. The van der Waals surface area contributed by atoms with Crippen molar-refractivity contribution in [3.63, 3.8) is 0 Å². The Kier molecular flexibility index (Phi) is 7.90. The molecule has 192 valence electrons. The third-order valence-electron chi connectivity index (χ3n) is 6.68. The van der Waals surface area contributed by atoms with Gasteiger partial charge in [-0.2, -0.15) is 4.31 Å². The first-order valence-electron chi connectivity index (χ1n) is 12.7. The summed E-state index contributed by atoms with van der Waals surface area (Å²) in [4.78, 5) is 6.16. The fraction of sp³-hybridized carbons (Fsp3) is 0.444. The van der Waals surface area contributed by atoms with E-state index < -0.39 is 10.0 Å². The monoisotopic (exact) mass is 527 g/mol. The van der Waals surface area contributed by atoms with Crippen molar-refractivity contribution in [1.29, 1.82) is 0 Å². The Hall–Kier alpha value is -2.46. The molecule has 2 saturated heterocycles. The maximum absolute atomic E-state index is 13.1. The summed E-state index contributed by atoms with van der Waals surface area (Å²) in [5.41, 5.74) is 2.84. The minimum Gasteiger partial charge on any atom is -0.494 e. The summed E-state index contributed by atoms with van der Waals surface area (Å²) in [6.45, 7) is 5.31. The zero-order chi connectivity index (χ0) is 25.0. The van der Waals surface area contributed by atoms with Crippen LogP contribution in [0.2, 0.25) is 0 Å². The first kappa shape index (κ1) is 25.2. The summed E-state index contributed by atoms with van der Waals surface area (Å²) < 4.78 is 41.5. The van der Waals surface area contributed by atoms with Crippen LogP contribution in [0.3, 0.4) is 0 Å². The maximum Gasteiger partial charge on any atom is 0.243 e. The minimum atomic E-state index is -3.45. The molecular formula is C27H33N3O4S2. The number of sulfonamides is 1. The molecule has 1 aromatic heterocycles. The van der Waals surface area contributed by atoms with Crippen LogP contribution in [-0.4, -0.2) is 49.7 Å². The van der Waals surface area contributed by atoms with E-state index in [2.05, 4.69) is 9.95 Å². The van der Waals surface area contributed by atoms with Gasteiger partial charge in [0, 0.05) is 25.1 Å². The Balaban J connectivity index is 1.46. The number of hydrogen-bond donors (Lipinski definition) is 0. The highest BCUT2D eigenvalue weighted by molar-refractivity contribution is 7.89. The van der Waals surface area contributed by atoms with E-state index in [0.29, 0.717) is 31.1 Å². The van der Waals surface area contributed by atoms with Gasteiger partial charge < -0.3 is 14.0 Å². The fourth-order valence-electron chi connectivity index (χ4n) is 4.76. The van der Waals surface area contributed by atoms with Crippen LogP contribution >= 0.6 is 11.3 Å². The molecule has 1 unspecified atom stereocenters. The molecule has 5 rings (SSSR count). The third-order valence-corrected chi connectivity index (χ3v) is 9.46. The van der Waals surface area contributed by atoms with E-state index in [4.69, 9.17) is 14.5 Å². The van der Waals surface area contributed by atoms with Crippen molar-refractivity contribution >= 4 is 27.0 Å². The molecule has 0 saturated carbocycles. The van der Waals surface area contributed by atoms with Crippen LogP contribution in [0.1, 0.15) is 39.0 Å². The zero-order valence-corrected chi connectivity index (χ0v) is 22.3. The molecule has 36 heavy (non-hydrogen) atoms. The molecule has 1 atom stereocenters. The van der Waals surface area contributed by atoms with Crippen molar-refractivity contribution < 1.29 is 17.9 Å². The van der Waals surface area contributed by atoms with Crippen molar-refractivity contribution in [3.05, 3.63) is 58.7 Å². The summed E-state index contributed by atoms with van der Waals surface area (Å²) >= 11 is 1.58. The van der Waals surface area contributed by atoms with Gasteiger partial charge in [-0.05, 0) is 74.6 Å². The maximum atomic E-state index is 13.1. The number of thiazole rings is 1. The highest BCUT2D eigenvalue weighted by Crippen LogP contribution is 2.27. The van der Waals surface area contributed by atoms with Crippen LogP contribution in [0.15, 0.2) is 63.8 Å². The molecule has 0 radical (unpaired) electrons. The number of piperidine rings is 1. The molecule has 2 fully saturated rings. The van der Waals surface area contributed by atoms with Crippen molar-refractivity contribution in [2.45, 2.75) is 56.6 Å². The van der Waals surface area contributed by atoms with E-state index in [1.807, 2.05) is 43.3 Å². The summed E-state index contributed by atoms with van der Waals surface area (Å²) in [5.74, 6) is 0.829. The molecule has 0 aliphatic carbocycles. The zero-order valence-electron chi connectivity index (χ0n) is 20.6. The van der Waals surface area contributed by atoms with Crippen molar-refractivity contribution in [3.8, 4) is 17.0 Å². The number of ether oxygens (including phenoxy) is 2. The van der Waals surface area contributed by atoms with Crippen LogP contribution in [0.5, 0.6) is 5.75 Å². The predicted octanol–water partition coefficient (Wildman–Crippen LogP) is 5.20. The van der Waals surface area contributed by atoms with E-state index in [1.54, 1.807) is 27.8 Å². The first-order valence-corrected chi connectivity index (χ1v) is 15.0. The van der Waals surface area contributed by atoms with Crippen LogP contribution < -0.4 is 9.54 Å². The van der Waals surface area contributed by atoms with Gasteiger partial charge in [0.15, 0.2) is 4.80 Å². The molecule has 2 aromatic carbocycles. The van der Waals surface area contributed by atoms with Crippen molar-refractivity contribution in [2.24, 2.45) is 4.99 Å². The quantitative estimate of drug-likeness (QED) is 0.404. The Morgan fingerprint density at radius 2 is 1.78 bits per heavy atom. The van der Waals surface area contributed by atoms with Crippen molar-refractivity contribution in [1.82, 2.24) is 8.87 Å². The Labute approximate surface area is 217 Å². The molecule has 0 amide bonds. The average molecular weight is 528 g/mol. The van der Waals surface area contributed by atoms with Gasteiger partial charge in [-0.1, -0.05) is 18.6 Å². The van der Waals surface area contributed by atoms with Gasteiger partial charge in [-0.25, -0.2) is 13.4 Å². The van der Waals surface area contributed by atoms with Crippen LogP contribution in [0, 0.1) is 0 Å². The Bertz CT molecular complexity index is 1320. The number of hydrogen-bond acceptors (Lipinski definition) is 6. The molecule has 0 N–H and O–H groups in total. The molecule has 3 aromatic rings. The van der Waals surface area contributed by atoms with Gasteiger partial charge >= 0.3 is 0 Å². The first-order chi connectivity index (χ1) is 17.5.